The zero-order chi connectivity index (χ0) is 13.2. The zero-order valence-corrected chi connectivity index (χ0v) is 11.6. The Balaban J connectivity index is 3.03. The number of nitro benzene ring substituents is 1. The highest BCUT2D eigenvalue weighted by atomic mass is 127. The summed E-state index contributed by atoms with van der Waals surface area (Å²) in [6.07, 6.45) is 0.966. The number of carbonyl (C=O) groups is 1. The Kier molecular flexibility index (Phi) is 4.20. The molecule has 92 valence electrons. The third-order valence-electron chi connectivity index (χ3n) is 1.94. The molecule has 1 atom stereocenters. The molecule has 1 rings (SSSR count). The van der Waals surface area contributed by atoms with Gasteiger partial charge in [-0.3, -0.25) is 14.9 Å². The van der Waals surface area contributed by atoms with Crippen molar-refractivity contribution in [2.24, 2.45) is 0 Å². The molecule has 0 aromatic heterocycles. The van der Waals surface area contributed by atoms with Gasteiger partial charge in [-0.25, -0.2) is 8.42 Å². The van der Waals surface area contributed by atoms with Crippen LogP contribution in [0.5, 0.6) is 0 Å². The Hall–Kier alpha value is -1.03. The first-order valence-corrected chi connectivity index (χ1v) is 7.55. The molecule has 0 heterocycles. The topological polar surface area (TPSA) is 94.3 Å². The van der Waals surface area contributed by atoms with Crippen LogP contribution in [0.25, 0.3) is 0 Å². The van der Waals surface area contributed by atoms with E-state index >= 15 is 0 Å². The zero-order valence-electron chi connectivity index (χ0n) is 8.66. The fraction of sp³-hybridized carbons (Fsp3) is 0.222. The molecule has 17 heavy (non-hydrogen) atoms. The van der Waals surface area contributed by atoms with Crippen molar-refractivity contribution in [2.75, 3.05) is 6.26 Å². The van der Waals surface area contributed by atoms with Crippen molar-refractivity contribution in [3.05, 3.63) is 39.9 Å². The van der Waals surface area contributed by atoms with Crippen LogP contribution in [0.4, 0.5) is 5.69 Å². The lowest BCUT2D eigenvalue weighted by molar-refractivity contribution is -0.384. The molecule has 0 unspecified atom stereocenters. The summed E-state index contributed by atoms with van der Waals surface area (Å²) in [5.74, 6) is -0.581. The first-order chi connectivity index (χ1) is 7.73. The lowest BCUT2D eigenvalue weighted by atomic mass is 10.1. The smallest absolute Gasteiger partial charge is 0.269 e. The fourth-order valence-corrected chi connectivity index (χ4v) is 1.96. The van der Waals surface area contributed by atoms with E-state index in [9.17, 15) is 23.3 Å². The van der Waals surface area contributed by atoms with Crippen LogP contribution in [0.3, 0.4) is 0 Å². The van der Waals surface area contributed by atoms with Crippen molar-refractivity contribution in [1.29, 1.82) is 0 Å². The number of nitrogens with zero attached hydrogens (tertiary/aromatic N) is 1. The van der Waals surface area contributed by atoms with Gasteiger partial charge in [0.1, 0.15) is 0 Å². The molecule has 0 saturated heterocycles. The maximum atomic E-state index is 11.7. The summed E-state index contributed by atoms with van der Waals surface area (Å²) in [6.45, 7) is 0. The molecule has 6 nitrogen and oxygen atoms in total. The highest BCUT2D eigenvalue weighted by Gasteiger charge is 2.26. The van der Waals surface area contributed by atoms with Crippen LogP contribution in [-0.2, 0) is 9.84 Å². The predicted octanol–water partition coefficient (Wildman–Crippen LogP) is 1.58. The molecule has 0 aliphatic heterocycles. The highest BCUT2D eigenvalue weighted by molar-refractivity contribution is 14.1. The second-order valence-corrected chi connectivity index (χ2v) is 7.54. The van der Waals surface area contributed by atoms with Gasteiger partial charge in [0.2, 0.25) is 0 Å². The molecular weight excluding hydrogens is 361 g/mol. The van der Waals surface area contributed by atoms with E-state index in [-0.39, 0.29) is 11.3 Å². The summed E-state index contributed by atoms with van der Waals surface area (Å²) >= 11 is 1.53. The maximum Gasteiger partial charge on any atom is 0.269 e. The van der Waals surface area contributed by atoms with Crippen LogP contribution in [0.15, 0.2) is 24.3 Å². The number of halogens is 1. The van der Waals surface area contributed by atoms with Crippen LogP contribution < -0.4 is 0 Å². The predicted molar refractivity (Wildman–Crippen MR) is 70.1 cm³/mol. The van der Waals surface area contributed by atoms with Gasteiger partial charge in [0.05, 0.1) is 4.92 Å². The molecule has 0 bridgehead atoms. The van der Waals surface area contributed by atoms with E-state index in [1.807, 2.05) is 0 Å². The highest BCUT2D eigenvalue weighted by Crippen LogP contribution is 2.18. The molecule has 0 aliphatic carbocycles. The minimum atomic E-state index is -3.47. The summed E-state index contributed by atoms with van der Waals surface area (Å²) in [5.41, 5.74) is -0.00802. The maximum absolute atomic E-state index is 11.7. The van der Waals surface area contributed by atoms with Gasteiger partial charge >= 0.3 is 0 Å². The third kappa shape index (κ3) is 3.46. The lowest BCUT2D eigenvalue weighted by Crippen LogP contribution is -2.23. The van der Waals surface area contributed by atoms with Crippen LogP contribution in [0.1, 0.15) is 10.4 Å². The van der Waals surface area contributed by atoms with Gasteiger partial charge in [-0.15, -0.1) is 0 Å². The number of nitro groups is 1. The molecular formula is C9H8INO5S. The molecule has 0 aliphatic rings. The van der Waals surface area contributed by atoms with Crippen LogP contribution in [0.2, 0.25) is 0 Å². The number of rotatable bonds is 4. The minimum absolute atomic E-state index is 0.139. The summed E-state index contributed by atoms with van der Waals surface area (Å²) in [7, 11) is -3.47. The Bertz CT molecular complexity index is 551. The Morgan fingerprint density at radius 2 is 1.82 bits per heavy atom. The van der Waals surface area contributed by atoms with E-state index in [0.717, 1.165) is 6.26 Å². The summed E-state index contributed by atoms with van der Waals surface area (Å²) in [6, 6.07) is 4.83. The normalized spacial score (nSPS) is 13.1. The van der Waals surface area contributed by atoms with Crippen molar-refractivity contribution >= 4 is 43.9 Å². The van der Waals surface area contributed by atoms with Gasteiger partial charge in [0.15, 0.2) is 18.9 Å². The fourth-order valence-electron chi connectivity index (χ4n) is 1.07. The van der Waals surface area contributed by atoms with Gasteiger partial charge < -0.3 is 0 Å². The Labute approximate surface area is 111 Å². The minimum Gasteiger partial charge on any atom is -0.292 e. The largest absolute Gasteiger partial charge is 0.292 e. The van der Waals surface area contributed by atoms with E-state index in [4.69, 9.17) is 0 Å². The summed E-state index contributed by atoms with van der Waals surface area (Å²) < 4.78 is 21.2. The summed E-state index contributed by atoms with van der Waals surface area (Å²) in [4.78, 5) is 21.5. The van der Waals surface area contributed by atoms with Gasteiger partial charge in [0.25, 0.3) is 5.69 Å². The number of hydrogen-bond donors (Lipinski definition) is 0. The van der Waals surface area contributed by atoms with Gasteiger partial charge in [-0.1, -0.05) is 22.6 Å². The SMILES string of the molecule is CS(=O)(=O)[C@@H](I)C(=O)c1ccc([N+](=O)[O-])cc1. The van der Waals surface area contributed by atoms with E-state index in [0.29, 0.717) is 0 Å². The van der Waals surface area contributed by atoms with Gasteiger partial charge in [0, 0.05) is 24.0 Å². The first-order valence-electron chi connectivity index (χ1n) is 4.35. The number of sulfone groups is 1. The second-order valence-electron chi connectivity index (χ2n) is 3.31. The third-order valence-corrected chi connectivity index (χ3v) is 6.25. The molecule has 0 amide bonds. The number of carbonyl (C=O) groups excluding carboxylic acids is 1. The van der Waals surface area contributed by atoms with E-state index < -0.39 is 23.8 Å². The van der Waals surface area contributed by atoms with Crippen LogP contribution >= 0.6 is 22.6 Å². The van der Waals surface area contributed by atoms with Crippen LogP contribution in [0, 0.1) is 10.1 Å². The number of benzene rings is 1. The molecule has 0 spiro atoms. The molecule has 1 aromatic carbocycles. The number of alkyl halides is 1. The van der Waals surface area contributed by atoms with Crippen molar-refractivity contribution in [1.82, 2.24) is 0 Å². The van der Waals surface area contributed by atoms with Gasteiger partial charge in [-0.05, 0) is 12.1 Å². The van der Waals surface area contributed by atoms with Gasteiger partial charge in [-0.2, -0.15) is 0 Å². The molecule has 0 radical (unpaired) electrons. The molecule has 0 fully saturated rings. The Morgan fingerprint density at radius 1 is 1.35 bits per heavy atom. The number of ketones is 1. The van der Waals surface area contributed by atoms with Crippen molar-refractivity contribution in [3.63, 3.8) is 0 Å². The molecule has 8 heteroatoms. The Morgan fingerprint density at radius 3 is 2.18 bits per heavy atom. The first kappa shape index (κ1) is 14.0. The lowest BCUT2D eigenvalue weighted by Gasteiger charge is -2.06. The monoisotopic (exact) mass is 369 g/mol. The molecule has 1 aromatic rings. The van der Waals surface area contributed by atoms with E-state index in [2.05, 4.69) is 0 Å². The molecule has 0 saturated carbocycles. The van der Waals surface area contributed by atoms with Crippen molar-refractivity contribution in [2.45, 2.75) is 3.26 Å². The standard InChI is InChI=1S/C9H8INO5S/c1-17(15,16)9(10)8(12)6-2-4-7(5-3-6)11(13)14/h2-5,9H,1H3/t9-/m1/s1. The number of hydrogen-bond acceptors (Lipinski definition) is 5. The van der Waals surface area contributed by atoms with E-state index in [1.54, 1.807) is 0 Å². The van der Waals surface area contributed by atoms with Crippen molar-refractivity contribution < 1.29 is 18.1 Å². The number of non-ortho nitro benzene ring substituents is 1. The van der Waals surface area contributed by atoms with Crippen molar-refractivity contribution in [3.8, 4) is 0 Å². The quantitative estimate of drug-likeness (QED) is 0.264. The number of Topliss-reactive ketones (excluding diaryl/α,β-unsaturated/α-hetero) is 1. The summed E-state index contributed by atoms with van der Waals surface area (Å²) in [5, 5.41) is 10.4. The second kappa shape index (κ2) is 5.08. The molecule has 0 N–H and O–H groups in total. The van der Waals surface area contributed by atoms with E-state index in [1.165, 1.54) is 46.9 Å². The average Bonchev–Trinajstić information content (AvgIpc) is 2.26. The average molecular weight is 369 g/mol. The van der Waals surface area contributed by atoms with Crippen LogP contribution in [-0.4, -0.2) is 28.6 Å².